The average molecular weight is 264 g/mol. The van der Waals surface area contributed by atoms with Gasteiger partial charge in [0, 0.05) is 0 Å². The third kappa shape index (κ3) is 2.47. The maximum atomic E-state index is 5.66. The standard InChI is InChI=1S/C8H17GeNO4/c1-2-11-9-12-6-3-10(4-7-13-9)5-8-14-9/h2-8H2,1H3. The molecule has 3 aliphatic heterocycles. The first-order valence-electron chi connectivity index (χ1n) is 5.13. The summed E-state index contributed by atoms with van der Waals surface area (Å²) in [5.41, 5.74) is 0. The molecule has 3 fully saturated rings. The Morgan fingerprint density at radius 3 is 2.00 bits per heavy atom. The molecule has 0 aromatic heterocycles. The van der Waals surface area contributed by atoms with Crippen LogP contribution >= 0.6 is 0 Å². The number of hydrogen-bond acceptors (Lipinski definition) is 5. The molecule has 0 saturated carbocycles. The zero-order valence-corrected chi connectivity index (χ0v) is 10.6. The quantitative estimate of drug-likeness (QED) is 0.648. The van der Waals surface area contributed by atoms with Gasteiger partial charge in [0.1, 0.15) is 0 Å². The Bertz CT molecular complexity index is 166. The number of nitrogens with zero attached hydrogens (tertiary/aromatic N) is 1. The van der Waals surface area contributed by atoms with Gasteiger partial charge in [-0.15, -0.1) is 0 Å². The number of fused-ring (bicyclic) bond motifs is 6. The van der Waals surface area contributed by atoms with Crippen LogP contribution in [0.15, 0.2) is 0 Å². The summed E-state index contributed by atoms with van der Waals surface area (Å²) >= 11 is -3.29. The zero-order valence-electron chi connectivity index (χ0n) is 8.53. The van der Waals surface area contributed by atoms with Gasteiger partial charge >= 0.3 is 87.6 Å². The van der Waals surface area contributed by atoms with Gasteiger partial charge in [-0.1, -0.05) is 0 Å². The molecule has 3 saturated heterocycles. The summed E-state index contributed by atoms with van der Waals surface area (Å²) in [5, 5.41) is 0. The molecule has 82 valence electrons. The van der Waals surface area contributed by atoms with Crippen LogP contribution in [-0.2, 0) is 15.1 Å². The molecule has 0 aliphatic carbocycles. The molecule has 0 aromatic rings. The van der Waals surface area contributed by atoms with Crippen molar-refractivity contribution >= 4 is 14.6 Å². The van der Waals surface area contributed by atoms with E-state index in [0.717, 1.165) is 19.6 Å². The molecule has 0 radical (unpaired) electrons. The van der Waals surface area contributed by atoms with Crippen LogP contribution in [0.5, 0.6) is 0 Å². The second kappa shape index (κ2) is 4.91. The molecule has 3 heterocycles. The van der Waals surface area contributed by atoms with Crippen molar-refractivity contribution in [2.45, 2.75) is 6.92 Å². The summed E-state index contributed by atoms with van der Waals surface area (Å²) in [6, 6.07) is 0. The molecule has 0 N–H and O–H groups in total. The summed E-state index contributed by atoms with van der Waals surface area (Å²) in [7, 11) is 0. The van der Waals surface area contributed by atoms with Gasteiger partial charge in [0.25, 0.3) is 0 Å². The second-order valence-electron chi connectivity index (χ2n) is 3.32. The van der Waals surface area contributed by atoms with Crippen LogP contribution < -0.4 is 0 Å². The van der Waals surface area contributed by atoms with Gasteiger partial charge in [0.05, 0.1) is 0 Å². The predicted octanol–water partition coefficient (Wildman–Crippen LogP) is -0.162. The molecule has 0 amide bonds. The van der Waals surface area contributed by atoms with Crippen LogP contribution in [0.2, 0.25) is 0 Å². The monoisotopic (exact) mass is 265 g/mol. The van der Waals surface area contributed by atoms with E-state index in [0.29, 0.717) is 26.4 Å². The van der Waals surface area contributed by atoms with Gasteiger partial charge in [0.15, 0.2) is 0 Å². The van der Waals surface area contributed by atoms with Gasteiger partial charge in [-0.05, 0) is 0 Å². The topological polar surface area (TPSA) is 40.2 Å². The van der Waals surface area contributed by atoms with Crippen molar-refractivity contribution in [1.82, 2.24) is 4.90 Å². The molecule has 6 heteroatoms. The van der Waals surface area contributed by atoms with E-state index in [1.54, 1.807) is 0 Å². The maximum absolute atomic E-state index is 5.66. The first-order valence-corrected chi connectivity index (χ1v) is 8.55. The van der Waals surface area contributed by atoms with Crippen molar-refractivity contribution in [2.75, 3.05) is 46.1 Å². The van der Waals surface area contributed by atoms with Gasteiger partial charge < -0.3 is 0 Å². The van der Waals surface area contributed by atoms with E-state index in [1.165, 1.54) is 0 Å². The Labute approximate surface area is 88.0 Å². The van der Waals surface area contributed by atoms with Gasteiger partial charge in [-0.3, -0.25) is 0 Å². The van der Waals surface area contributed by atoms with E-state index < -0.39 is 14.6 Å². The van der Waals surface area contributed by atoms with Gasteiger partial charge in [-0.2, -0.15) is 0 Å². The van der Waals surface area contributed by atoms with Gasteiger partial charge in [0.2, 0.25) is 0 Å². The third-order valence-corrected chi connectivity index (χ3v) is 7.24. The Morgan fingerprint density at radius 1 is 1.07 bits per heavy atom. The molecule has 3 aliphatic rings. The van der Waals surface area contributed by atoms with E-state index in [-0.39, 0.29) is 0 Å². The average Bonchev–Trinajstić information content (AvgIpc) is 2.06. The van der Waals surface area contributed by atoms with Crippen molar-refractivity contribution in [3.63, 3.8) is 0 Å². The summed E-state index contributed by atoms with van der Waals surface area (Å²) < 4.78 is 22.6. The molecule has 2 bridgehead atoms. The van der Waals surface area contributed by atoms with E-state index in [1.807, 2.05) is 6.92 Å². The van der Waals surface area contributed by atoms with E-state index in [9.17, 15) is 0 Å². The van der Waals surface area contributed by atoms with Crippen molar-refractivity contribution in [2.24, 2.45) is 0 Å². The Balaban J connectivity index is 2.04. The van der Waals surface area contributed by atoms with Crippen LogP contribution in [0.25, 0.3) is 0 Å². The number of hydrogen-bond donors (Lipinski definition) is 0. The summed E-state index contributed by atoms with van der Waals surface area (Å²) in [6.07, 6.45) is 0. The Morgan fingerprint density at radius 2 is 1.57 bits per heavy atom. The molecular formula is C8H17GeNO4. The Hall–Kier alpha value is 0.343. The van der Waals surface area contributed by atoms with Crippen molar-refractivity contribution in [3.05, 3.63) is 0 Å². The number of rotatable bonds is 2. The van der Waals surface area contributed by atoms with E-state index >= 15 is 0 Å². The molecular weight excluding hydrogens is 247 g/mol. The van der Waals surface area contributed by atoms with Crippen LogP contribution in [0.1, 0.15) is 6.92 Å². The van der Waals surface area contributed by atoms with E-state index in [2.05, 4.69) is 4.90 Å². The van der Waals surface area contributed by atoms with Gasteiger partial charge in [-0.25, -0.2) is 0 Å². The zero-order chi connectivity index (χ0) is 9.86. The molecule has 5 nitrogen and oxygen atoms in total. The van der Waals surface area contributed by atoms with Crippen LogP contribution in [0.4, 0.5) is 0 Å². The molecule has 14 heavy (non-hydrogen) atoms. The van der Waals surface area contributed by atoms with Crippen LogP contribution in [0.3, 0.4) is 0 Å². The third-order valence-electron chi connectivity index (χ3n) is 2.38. The Kier molecular flexibility index (Phi) is 3.81. The fraction of sp³-hybridized carbons (Fsp3) is 1.00. The SMILES string of the molecule is CC[O][Ge]12[O]CCN(CC[O]1)CC[O]2. The van der Waals surface area contributed by atoms with Crippen molar-refractivity contribution in [1.29, 1.82) is 0 Å². The predicted molar refractivity (Wildman–Crippen MR) is 51.7 cm³/mol. The molecule has 0 spiro atoms. The molecule has 0 aromatic carbocycles. The summed E-state index contributed by atoms with van der Waals surface area (Å²) in [5.74, 6) is 0. The molecule has 3 rings (SSSR count). The van der Waals surface area contributed by atoms with Crippen LogP contribution in [-0.4, -0.2) is 65.6 Å². The molecule has 0 unspecified atom stereocenters. The fourth-order valence-electron chi connectivity index (χ4n) is 1.66. The second-order valence-corrected chi connectivity index (χ2v) is 7.84. The van der Waals surface area contributed by atoms with Crippen molar-refractivity contribution < 1.29 is 15.1 Å². The summed E-state index contributed by atoms with van der Waals surface area (Å²) in [6.45, 7) is 7.44. The molecule has 0 atom stereocenters. The van der Waals surface area contributed by atoms with E-state index in [4.69, 9.17) is 15.1 Å². The summed E-state index contributed by atoms with van der Waals surface area (Å²) in [4.78, 5) is 2.29. The first-order chi connectivity index (χ1) is 6.85. The fourth-order valence-corrected chi connectivity index (χ4v) is 5.60. The first kappa shape index (κ1) is 10.8. The normalized spacial score (nSPS) is 38.8. The minimum absolute atomic E-state index is 0.601. The van der Waals surface area contributed by atoms with Crippen molar-refractivity contribution in [3.8, 4) is 0 Å². The van der Waals surface area contributed by atoms with Crippen LogP contribution in [0, 0.1) is 0 Å². The minimum atomic E-state index is -3.29.